The predicted molar refractivity (Wildman–Crippen MR) is 141 cm³/mol. The van der Waals surface area contributed by atoms with E-state index in [1.165, 1.54) is 14.0 Å². The Balaban J connectivity index is 1.44. The van der Waals surface area contributed by atoms with Crippen LogP contribution in [0.15, 0.2) is 0 Å². The zero-order valence-corrected chi connectivity index (χ0v) is 24.8. The minimum Gasteiger partial charge on any atom is -0.435 e. The van der Waals surface area contributed by atoms with E-state index < -0.39 is 136 Å². The summed E-state index contributed by atoms with van der Waals surface area (Å²) in [6.07, 6.45) is -31.1. The van der Waals surface area contributed by atoms with Crippen molar-refractivity contribution in [2.75, 3.05) is 20.3 Å². The fourth-order valence-electron chi connectivity index (χ4n) is 5.97. The molecule has 0 radical (unpaired) electrons. The molecule has 1 saturated carbocycles. The van der Waals surface area contributed by atoms with E-state index in [1.54, 1.807) is 0 Å². The third-order valence-corrected chi connectivity index (χ3v) is 8.84. The Kier molecular flexibility index (Phi) is 13.0. The molecule has 0 amide bonds. The van der Waals surface area contributed by atoms with Crippen LogP contribution in [0.3, 0.4) is 0 Å². The third kappa shape index (κ3) is 7.49. The molecule has 0 bridgehead atoms. The topological polar surface area (TPSA) is 313 Å². The number of hydrogen-bond acceptors (Lipinski definition) is 20. The number of aliphatic hydroxyl groups is 11. The number of rotatable bonds is 11. The lowest BCUT2D eigenvalue weighted by Crippen LogP contribution is -2.67. The van der Waals surface area contributed by atoms with E-state index in [2.05, 4.69) is 0 Å². The highest BCUT2D eigenvalue weighted by atomic mass is 16.8. The van der Waals surface area contributed by atoms with Crippen molar-refractivity contribution in [3.63, 3.8) is 0 Å². The maximum atomic E-state index is 11.3. The van der Waals surface area contributed by atoms with E-state index in [0.717, 1.165) is 0 Å². The van der Waals surface area contributed by atoms with Crippen molar-refractivity contribution in [3.8, 4) is 0 Å². The van der Waals surface area contributed by atoms with Crippen LogP contribution in [0.5, 0.6) is 0 Å². The van der Waals surface area contributed by atoms with Crippen LogP contribution in [0.4, 0.5) is 0 Å². The summed E-state index contributed by atoms with van der Waals surface area (Å²) >= 11 is 0. The van der Waals surface area contributed by atoms with E-state index in [0.29, 0.717) is 0 Å². The number of carbonyl (C=O) groups excluding carboxylic acids is 1. The van der Waals surface area contributed by atoms with Gasteiger partial charge in [0.2, 0.25) is 6.29 Å². The van der Waals surface area contributed by atoms with Gasteiger partial charge in [-0.1, -0.05) is 6.92 Å². The summed E-state index contributed by atoms with van der Waals surface area (Å²) in [5.41, 5.74) is 0. The van der Waals surface area contributed by atoms with Crippen molar-refractivity contribution in [3.05, 3.63) is 0 Å². The molecule has 20 heteroatoms. The third-order valence-electron chi connectivity index (χ3n) is 8.84. The first-order chi connectivity index (χ1) is 21.8. The zero-order valence-electron chi connectivity index (χ0n) is 24.8. The summed E-state index contributed by atoms with van der Waals surface area (Å²) in [4.78, 5) is 11.3. The lowest BCUT2D eigenvalue weighted by Gasteiger charge is -2.48. The number of aliphatic hydroxyl groups excluding tert-OH is 11. The highest BCUT2D eigenvalue weighted by Gasteiger charge is 2.55. The average molecular weight is 677 g/mol. The van der Waals surface area contributed by atoms with E-state index in [-0.39, 0.29) is 12.9 Å². The predicted octanol–water partition coefficient (Wildman–Crippen LogP) is -7.27. The van der Waals surface area contributed by atoms with E-state index in [1.807, 2.05) is 0 Å². The standard InChI is InChI=1S/C26H44O20/c1-7-12(31)10(4-27)41-23(13(7)32)45-22-17(36)19(38)25(46-26(22)40-6-29)44-21-11(5-28)42-24(18(37)16(21)35)43-20-8(30)3-9(39-2)14(33)15(20)34/h6-28,30-38H,3-5H2,1-2H3/t7-,8?,9+,10?,11?,12-,13-,14+,15?,16?,17?,18-,19-,20+,21+,22-,23?,24-,25+,26?/m0/s1. The summed E-state index contributed by atoms with van der Waals surface area (Å²) < 4.78 is 42.9. The first-order valence-electron chi connectivity index (χ1n) is 14.7. The summed E-state index contributed by atoms with van der Waals surface area (Å²) in [5, 5.41) is 115. The minimum atomic E-state index is -2.02. The van der Waals surface area contributed by atoms with Gasteiger partial charge in [0.15, 0.2) is 25.0 Å². The SMILES string of the molecule is CO[C@@H]1CC(O)[C@@H](O[C@@H]2OC(CO)[C@@H](O[C@@H]3OC(OC=O)[C@@H](OC4OC(CO)[C@@H](O)[C@H](C)[C@@H]4O)C(O)[C@@H]3O)C(O)[C@@H]2O)C(O)[C@@H]1O. The average Bonchev–Trinajstić information content (AvgIpc) is 3.04. The first-order valence-corrected chi connectivity index (χ1v) is 14.7. The second-order valence-electron chi connectivity index (χ2n) is 11.7. The van der Waals surface area contributed by atoms with Gasteiger partial charge in [-0.05, 0) is 0 Å². The second kappa shape index (κ2) is 16.0. The molecular weight excluding hydrogens is 632 g/mol. The van der Waals surface area contributed by atoms with Gasteiger partial charge in [-0.15, -0.1) is 0 Å². The first kappa shape index (κ1) is 37.6. The maximum Gasteiger partial charge on any atom is 0.295 e. The molecule has 3 heterocycles. The number of carbonyl (C=O) groups is 1. The van der Waals surface area contributed by atoms with Crippen LogP contribution in [0.2, 0.25) is 0 Å². The summed E-state index contributed by atoms with van der Waals surface area (Å²) in [7, 11) is 1.27. The molecule has 8 unspecified atom stereocenters. The van der Waals surface area contributed by atoms with Crippen molar-refractivity contribution >= 4 is 6.47 Å². The van der Waals surface area contributed by atoms with Crippen molar-refractivity contribution in [1.82, 2.24) is 0 Å². The maximum absolute atomic E-state index is 11.3. The Morgan fingerprint density at radius 3 is 1.70 bits per heavy atom. The van der Waals surface area contributed by atoms with Gasteiger partial charge in [0.05, 0.1) is 31.5 Å². The number of methoxy groups -OCH3 is 1. The van der Waals surface area contributed by atoms with Gasteiger partial charge in [-0.3, -0.25) is 4.79 Å². The van der Waals surface area contributed by atoms with Gasteiger partial charge in [0.1, 0.15) is 67.1 Å². The van der Waals surface area contributed by atoms with Crippen molar-refractivity contribution in [2.45, 2.75) is 130 Å². The van der Waals surface area contributed by atoms with Crippen LogP contribution in [0, 0.1) is 5.92 Å². The molecule has 1 aliphatic carbocycles. The van der Waals surface area contributed by atoms with Crippen LogP contribution in [-0.2, 0) is 42.7 Å². The van der Waals surface area contributed by atoms with Crippen LogP contribution in [0.25, 0.3) is 0 Å². The van der Waals surface area contributed by atoms with E-state index in [9.17, 15) is 61.0 Å². The highest BCUT2D eigenvalue weighted by molar-refractivity contribution is 5.37. The Morgan fingerprint density at radius 1 is 0.609 bits per heavy atom. The minimum absolute atomic E-state index is 0.0791. The van der Waals surface area contributed by atoms with Gasteiger partial charge < -0.3 is 94.1 Å². The fraction of sp³-hybridized carbons (Fsp3) is 0.962. The molecule has 20 atom stereocenters. The number of hydrogen-bond donors (Lipinski definition) is 11. The molecule has 20 nitrogen and oxygen atoms in total. The van der Waals surface area contributed by atoms with Crippen LogP contribution in [-0.4, -0.2) is 200 Å². The Labute approximate surface area is 262 Å². The van der Waals surface area contributed by atoms with Crippen molar-refractivity contribution in [2.24, 2.45) is 5.92 Å². The zero-order chi connectivity index (χ0) is 34.0. The van der Waals surface area contributed by atoms with Gasteiger partial charge in [0, 0.05) is 19.4 Å². The Morgan fingerprint density at radius 2 is 1.11 bits per heavy atom. The smallest absolute Gasteiger partial charge is 0.295 e. The Bertz CT molecular complexity index is 958. The molecule has 11 N–H and O–H groups in total. The van der Waals surface area contributed by atoms with Crippen LogP contribution in [0.1, 0.15) is 13.3 Å². The van der Waals surface area contributed by atoms with E-state index >= 15 is 0 Å². The van der Waals surface area contributed by atoms with E-state index in [4.69, 9.17) is 37.9 Å². The summed E-state index contributed by atoms with van der Waals surface area (Å²) in [6, 6.07) is 0. The molecule has 4 fully saturated rings. The monoisotopic (exact) mass is 676 g/mol. The molecule has 0 aromatic rings. The largest absolute Gasteiger partial charge is 0.435 e. The van der Waals surface area contributed by atoms with Gasteiger partial charge in [-0.2, -0.15) is 0 Å². The quantitative estimate of drug-likeness (QED) is 0.0905. The van der Waals surface area contributed by atoms with Gasteiger partial charge in [-0.25, -0.2) is 0 Å². The molecule has 0 aromatic heterocycles. The van der Waals surface area contributed by atoms with Gasteiger partial charge in [0.25, 0.3) is 6.47 Å². The number of ether oxygens (including phenoxy) is 8. The molecular formula is C26H44O20. The highest BCUT2D eigenvalue weighted by Crippen LogP contribution is 2.35. The molecule has 268 valence electrons. The fourth-order valence-corrected chi connectivity index (χ4v) is 5.97. The molecule has 3 aliphatic heterocycles. The second-order valence-corrected chi connectivity index (χ2v) is 11.7. The lowest BCUT2D eigenvalue weighted by atomic mass is 9.87. The summed E-state index contributed by atoms with van der Waals surface area (Å²) in [6.45, 7) is -0.162. The molecule has 0 aromatic carbocycles. The van der Waals surface area contributed by atoms with Crippen LogP contribution < -0.4 is 0 Å². The normalized spacial score (nSPS) is 51.8. The van der Waals surface area contributed by atoms with Gasteiger partial charge >= 0.3 is 0 Å². The molecule has 0 spiro atoms. The molecule has 3 saturated heterocycles. The lowest BCUT2D eigenvalue weighted by molar-refractivity contribution is -0.400. The molecule has 4 rings (SSSR count). The summed E-state index contributed by atoms with van der Waals surface area (Å²) in [5.74, 6) is -0.872. The molecule has 46 heavy (non-hydrogen) atoms. The van der Waals surface area contributed by atoms with Crippen molar-refractivity contribution in [1.29, 1.82) is 0 Å². The van der Waals surface area contributed by atoms with Crippen molar-refractivity contribution < 1.29 is 98.9 Å². The Hall–Kier alpha value is -1.25. The molecule has 4 aliphatic rings. The van der Waals surface area contributed by atoms with Crippen LogP contribution >= 0.6 is 0 Å².